The Bertz CT molecular complexity index is 469. The predicted octanol–water partition coefficient (Wildman–Crippen LogP) is 1.23. The van der Waals surface area contributed by atoms with Crippen LogP contribution in [0.25, 0.3) is 0 Å². The van der Waals surface area contributed by atoms with Gasteiger partial charge in [0, 0.05) is 0 Å². The van der Waals surface area contributed by atoms with Gasteiger partial charge in [0.1, 0.15) is 19.3 Å². The van der Waals surface area contributed by atoms with E-state index in [0.717, 1.165) is 31.6 Å². The van der Waals surface area contributed by atoms with Crippen LogP contribution in [0, 0.1) is 0 Å². The third-order valence-corrected chi connectivity index (χ3v) is 4.12. The van der Waals surface area contributed by atoms with Crippen LogP contribution in [0.15, 0.2) is 30.9 Å². The standard InChI is InChI=1S/C18H27NO3/c1-3-7-15-8-9-17(18(12-15)21-2)22-14-16(20)13-19-10-5-4-6-11-19/h3,8-9,12,16,20H,1,4-7,10-11,13-14H2,2H3/p+1/t16-/m1/s1. The molecule has 1 aromatic carbocycles. The number of quaternary nitrogens is 1. The molecule has 0 radical (unpaired) electrons. The van der Waals surface area contributed by atoms with Crippen molar-refractivity contribution in [3.8, 4) is 11.5 Å². The number of piperidine rings is 1. The van der Waals surface area contributed by atoms with Crippen molar-refractivity contribution in [3.05, 3.63) is 36.4 Å². The first-order valence-electron chi connectivity index (χ1n) is 8.15. The summed E-state index contributed by atoms with van der Waals surface area (Å²) in [7, 11) is 1.63. The molecule has 2 N–H and O–H groups in total. The number of allylic oxidation sites excluding steroid dienone is 1. The van der Waals surface area contributed by atoms with E-state index in [4.69, 9.17) is 9.47 Å². The molecule has 1 saturated heterocycles. The average molecular weight is 306 g/mol. The van der Waals surface area contributed by atoms with Crippen LogP contribution in [-0.4, -0.2) is 44.6 Å². The third kappa shape index (κ3) is 5.04. The number of likely N-dealkylation sites (tertiary alicyclic amines) is 1. The highest BCUT2D eigenvalue weighted by molar-refractivity contribution is 5.43. The Hall–Kier alpha value is -1.52. The predicted molar refractivity (Wildman–Crippen MR) is 87.8 cm³/mol. The lowest BCUT2D eigenvalue weighted by Crippen LogP contribution is -3.14. The maximum absolute atomic E-state index is 10.2. The van der Waals surface area contributed by atoms with Crippen molar-refractivity contribution >= 4 is 0 Å². The summed E-state index contributed by atoms with van der Waals surface area (Å²) >= 11 is 0. The first-order valence-corrected chi connectivity index (χ1v) is 8.15. The molecule has 0 aromatic heterocycles. The quantitative estimate of drug-likeness (QED) is 0.710. The molecule has 1 aliphatic heterocycles. The smallest absolute Gasteiger partial charge is 0.161 e. The molecule has 0 spiro atoms. The number of methoxy groups -OCH3 is 1. The molecule has 22 heavy (non-hydrogen) atoms. The van der Waals surface area contributed by atoms with E-state index in [1.165, 1.54) is 24.2 Å². The van der Waals surface area contributed by atoms with E-state index in [-0.39, 0.29) is 0 Å². The summed E-state index contributed by atoms with van der Waals surface area (Å²) in [5.41, 5.74) is 1.14. The number of aliphatic hydroxyl groups is 1. The van der Waals surface area contributed by atoms with Gasteiger partial charge in [0.2, 0.25) is 0 Å². The molecule has 0 saturated carbocycles. The SMILES string of the molecule is C=CCc1ccc(OC[C@H](O)C[NH+]2CCCCC2)c(OC)c1. The van der Waals surface area contributed by atoms with E-state index >= 15 is 0 Å². The lowest BCUT2D eigenvalue weighted by Gasteiger charge is -2.25. The van der Waals surface area contributed by atoms with Gasteiger partial charge in [0.05, 0.1) is 20.2 Å². The fraction of sp³-hybridized carbons (Fsp3) is 0.556. The van der Waals surface area contributed by atoms with Crippen LogP contribution in [0.1, 0.15) is 24.8 Å². The highest BCUT2D eigenvalue weighted by Gasteiger charge is 2.18. The number of nitrogens with one attached hydrogen (secondary N) is 1. The van der Waals surface area contributed by atoms with Crippen LogP contribution in [0.4, 0.5) is 0 Å². The first kappa shape index (κ1) is 16.8. The molecule has 1 heterocycles. The van der Waals surface area contributed by atoms with E-state index in [9.17, 15) is 5.11 Å². The van der Waals surface area contributed by atoms with Gasteiger partial charge in [-0.15, -0.1) is 6.58 Å². The van der Waals surface area contributed by atoms with E-state index in [0.29, 0.717) is 18.1 Å². The zero-order valence-corrected chi connectivity index (χ0v) is 13.5. The molecule has 1 aliphatic rings. The fourth-order valence-corrected chi connectivity index (χ4v) is 2.96. The van der Waals surface area contributed by atoms with Gasteiger partial charge in [-0.3, -0.25) is 0 Å². The van der Waals surface area contributed by atoms with Crippen LogP contribution in [0.2, 0.25) is 0 Å². The Morgan fingerprint density at radius 1 is 1.27 bits per heavy atom. The minimum Gasteiger partial charge on any atom is -0.493 e. The molecule has 0 unspecified atom stereocenters. The summed E-state index contributed by atoms with van der Waals surface area (Å²) in [5, 5.41) is 10.2. The Balaban J connectivity index is 1.85. The Morgan fingerprint density at radius 2 is 2.05 bits per heavy atom. The highest BCUT2D eigenvalue weighted by Crippen LogP contribution is 2.28. The summed E-state index contributed by atoms with van der Waals surface area (Å²) in [6, 6.07) is 5.86. The maximum atomic E-state index is 10.2. The topological polar surface area (TPSA) is 43.1 Å². The monoisotopic (exact) mass is 306 g/mol. The molecule has 0 aliphatic carbocycles. The zero-order chi connectivity index (χ0) is 15.8. The van der Waals surface area contributed by atoms with Gasteiger partial charge in [-0.1, -0.05) is 12.1 Å². The van der Waals surface area contributed by atoms with Crippen molar-refractivity contribution in [2.24, 2.45) is 0 Å². The normalized spacial score (nSPS) is 17.0. The van der Waals surface area contributed by atoms with Gasteiger partial charge in [-0.2, -0.15) is 0 Å². The van der Waals surface area contributed by atoms with Crippen LogP contribution in [0.5, 0.6) is 11.5 Å². The Morgan fingerprint density at radius 3 is 2.73 bits per heavy atom. The van der Waals surface area contributed by atoms with Crippen LogP contribution in [-0.2, 0) is 6.42 Å². The van der Waals surface area contributed by atoms with Crippen molar-refractivity contribution in [1.29, 1.82) is 0 Å². The van der Waals surface area contributed by atoms with Gasteiger partial charge in [-0.25, -0.2) is 0 Å². The van der Waals surface area contributed by atoms with E-state index in [2.05, 4.69) is 6.58 Å². The molecular formula is C18H28NO3+. The molecule has 1 atom stereocenters. The summed E-state index contributed by atoms with van der Waals surface area (Å²) in [4.78, 5) is 1.48. The molecular weight excluding hydrogens is 278 g/mol. The van der Waals surface area contributed by atoms with E-state index < -0.39 is 6.10 Å². The Labute approximate surface area is 133 Å². The molecule has 4 heteroatoms. The fourth-order valence-electron chi connectivity index (χ4n) is 2.96. The molecule has 1 fully saturated rings. The number of aliphatic hydroxyl groups excluding tert-OH is 1. The van der Waals surface area contributed by atoms with Crippen LogP contribution in [0.3, 0.4) is 0 Å². The summed E-state index contributed by atoms with van der Waals surface area (Å²) in [6.45, 7) is 7.14. The van der Waals surface area contributed by atoms with Crippen molar-refractivity contribution in [2.45, 2.75) is 31.8 Å². The second kappa shape index (κ2) is 8.81. The van der Waals surface area contributed by atoms with Gasteiger partial charge in [-0.05, 0) is 43.4 Å². The number of hydrogen-bond donors (Lipinski definition) is 2. The zero-order valence-electron chi connectivity index (χ0n) is 13.5. The highest BCUT2D eigenvalue weighted by atomic mass is 16.5. The second-order valence-corrected chi connectivity index (χ2v) is 5.96. The van der Waals surface area contributed by atoms with Crippen LogP contribution >= 0.6 is 0 Å². The lowest BCUT2D eigenvalue weighted by atomic mass is 10.1. The number of ether oxygens (including phenoxy) is 2. The minimum atomic E-state index is -0.439. The molecule has 122 valence electrons. The number of benzene rings is 1. The van der Waals surface area contributed by atoms with Gasteiger partial charge < -0.3 is 19.5 Å². The first-order chi connectivity index (χ1) is 10.7. The molecule has 0 bridgehead atoms. The van der Waals surface area contributed by atoms with Gasteiger partial charge in [0.15, 0.2) is 11.5 Å². The van der Waals surface area contributed by atoms with Crippen molar-refractivity contribution in [3.63, 3.8) is 0 Å². The average Bonchev–Trinajstić information content (AvgIpc) is 2.54. The van der Waals surface area contributed by atoms with Crippen LogP contribution < -0.4 is 14.4 Å². The second-order valence-electron chi connectivity index (χ2n) is 5.96. The maximum Gasteiger partial charge on any atom is 0.161 e. The molecule has 0 amide bonds. The van der Waals surface area contributed by atoms with E-state index in [1.54, 1.807) is 7.11 Å². The summed E-state index contributed by atoms with van der Waals surface area (Å²) in [5.74, 6) is 1.39. The number of hydrogen-bond acceptors (Lipinski definition) is 3. The largest absolute Gasteiger partial charge is 0.493 e. The molecule has 2 rings (SSSR count). The van der Waals surface area contributed by atoms with Gasteiger partial charge in [0.25, 0.3) is 0 Å². The van der Waals surface area contributed by atoms with Crippen molar-refractivity contribution in [2.75, 3.05) is 33.4 Å². The lowest BCUT2D eigenvalue weighted by molar-refractivity contribution is -0.908. The molecule has 4 nitrogen and oxygen atoms in total. The third-order valence-electron chi connectivity index (χ3n) is 4.12. The van der Waals surface area contributed by atoms with Crippen molar-refractivity contribution in [1.82, 2.24) is 0 Å². The number of rotatable bonds is 8. The summed E-state index contributed by atoms with van der Waals surface area (Å²) in [6.07, 6.45) is 6.08. The Kier molecular flexibility index (Phi) is 6.74. The van der Waals surface area contributed by atoms with Crippen molar-refractivity contribution < 1.29 is 19.5 Å². The molecule has 1 aromatic rings. The van der Waals surface area contributed by atoms with Gasteiger partial charge >= 0.3 is 0 Å². The summed E-state index contributed by atoms with van der Waals surface area (Å²) < 4.78 is 11.1. The van der Waals surface area contributed by atoms with E-state index in [1.807, 2.05) is 24.3 Å². The minimum absolute atomic E-state index is 0.306.